The first-order chi connectivity index (χ1) is 17.7. The predicted octanol–water partition coefficient (Wildman–Crippen LogP) is 7.45. The molecule has 2 heteroatoms. The lowest BCUT2D eigenvalue weighted by Gasteiger charge is -2.30. The third kappa shape index (κ3) is 4.61. The van der Waals surface area contributed by atoms with Crippen LogP contribution in [0.25, 0.3) is 17.2 Å². The monoisotopic (exact) mass is 491 g/mol. The maximum atomic E-state index is 4.87. The van der Waals surface area contributed by atoms with E-state index in [-0.39, 0.29) is 0 Å². The van der Waals surface area contributed by atoms with Crippen LogP contribution < -0.4 is 10.4 Å². The van der Waals surface area contributed by atoms with Gasteiger partial charge < -0.3 is 0 Å². The number of aliphatic imine (C=N–C) groups is 1. The van der Waals surface area contributed by atoms with Crippen molar-refractivity contribution in [1.29, 1.82) is 0 Å². The second kappa shape index (κ2) is 10.4. The molecule has 0 saturated carbocycles. The molecule has 1 heterocycles. The van der Waals surface area contributed by atoms with E-state index in [1.54, 1.807) is 22.3 Å². The lowest BCUT2D eigenvalue weighted by atomic mass is 9.75. The maximum absolute atomic E-state index is 4.87. The van der Waals surface area contributed by atoms with Crippen molar-refractivity contribution in [2.45, 2.75) is 71.6 Å². The molecular formula is C34H37NS. The molecule has 184 valence electrons. The van der Waals surface area contributed by atoms with Gasteiger partial charge in [-0.15, -0.1) is 11.8 Å². The zero-order chi connectivity index (χ0) is 24.5. The lowest BCUT2D eigenvalue weighted by Crippen LogP contribution is -2.34. The van der Waals surface area contributed by atoms with E-state index in [0.717, 1.165) is 38.0 Å². The van der Waals surface area contributed by atoms with Crippen LogP contribution in [0.4, 0.5) is 0 Å². The summed E-state index contributed by atoms with van der Waals surface area (Å²) in [5.41, 5.74) is 13.4. The third-order valence-electron chi connectivity index (χ3n) is 8.24. The Balaban J connectivity index is 1.39. The summed E-state index contributed by atoms with van der Waals surface area (Å²) in [5, 5.41) is 4.23. The molecule has 0 atom stereocenters. The first-order valence-electron chi connectivity index (χ1n) is 14.0. The Hall–Kier alpha value is -2.58. The van der Waals surface area contributed by atoms with Crippen LogP contribution in [-0.4, -0.2) is 17.3 Å². The largest absolute Gasteiger partial charge is 0.277 e. The van der Waals surface area contributed by atoms with Gasteiger partial charge in [0.15, 0.2) is 0 Å². The van der Waals surface area contributed by atoms with Gasteiger partial charge in [-0.25, -0.2) is 0 Å². The fraction of sp³-hybridized carbons (Fsp3) is 0.382. The quantitative estimate of drug-likeness (QED) is 0.366. The Morgan fingerprint density at radius 2 is 1.75 bits per heavy atom. The number of hydrogen-bond donors (Lipinski definition) is 0. The van der Waals surface area contributed by atoms with Crippen LogP contribution in [0.2, 0.25) is 0 Å². The van der Waals surface area contributed by atoms with Crippen LogP contribution in [0.15, 0.2) is 70.3 Å². The number of aryl methyl sites for hydroxylation is 2. The minimum absolute atomic E-state index is 0.969. The summed E-state index contributed by atoms with van der Waals surface area (Å²) >= 11 is 1.95. The van der Waals surface area contributed by atoms with Gasteiger partial charge in [0.05, 0.1) is 5.04 Å². The van der Waals surface area contributed by atoms with E-state index in [1.807, 2.05) is 11.8 Å². The average Bonchev–Trinajstić information content (AvgIpc) is 3.45. The van der Waals surface area contributed by atoms with Gasteiger partial charge in [-0.3, -0.25) is 4.99 Å². The molecular weight excluding hydrogens is 454 g/mol. The Morgan fingerprint density at radius 1 is 0.889 bits per heavy atom. The first kappa shape index (κ1) is 23.8. The van der Waals surface area contributed by atoms with Gasteiger partial charge in [-0.2, -0.15) is 0 Å². The average molecular weight is 492 g/mol. The molecule has 2 aromatic carbocycles. The molecule has 1 aliphatic heterocycles. The third-order valence-corrected chi connectivity index (χ3v) is 9.25. The normalized spacial score (nSPS) is 18.6. The molecule has 3 aliphatic carbocycles. The topological polar surface area (TPSA) is 12.4 Å². The van der Waals surface area contributed by atoms with E-state index in [2.05, 4.69) is 68.5 Å². The number of thioether (sulfide) groups is 1. The van der Waals surface area contributed by atoms with Gasteiger partial charge in [0.1, 0.15) is 0 Å². The van der Waals surface area contributed by atoms with Crippen molar-refractivity contribution in [1.82, 2.24) is 0 Å². The Morgan fingerprint density at radius 3 is 2.56 bits per heavy atom. The van der Waals surface area contributed by atoms with Crippen molar-refractivity contribution in [2.24, 2.45) is 4.99 Å². The maximum Gasteiger partial charge on any atom is 0.0980 e. The Labute approximate surface area is 220 Å². The van der Waals surface area contributed by atoms with Crippen molar-refractivity contribution in [3.05, 3.63) is 98.0 Å². The van der Waals surface area contributed by atoms with Crippen LogP contribution in [-0.2, 0) is 6.42 Å². The van der Waals surface area contributed by atoms with Gasteiger partial charge in [0, 0.05) is 17.9 Å². The number of hydrogen-bond acceptors (Lipinski definition) is 2. The molecule has 1 nitrogen and oxygen atoms in total. The van der Waals surface area contributed by atoms with E-state index in [1.165, 1.54) is 75.4 Å². The highest BCUT2D eigenvalue weighted by Gasteiger charge is 2.25. The van der Waals surface area contributed by atoms with E-state index < -0.39 is 0 Å². The van der Waals surface area contributed by atoms with Gasteiger partial charge in [-0.05, 0) is 101 Å². The second-order valence-corrected chi connectivity index (χ2v) is 11.8. The van der Waals surface area contributed by atoms with Crippen molar-refractivity contribution < 1.29 is 0 Å². The van der Waals surface area contributed by atoms with E-state index >= 15 is 0 Å². The smallest absolute Gasteiger partial charge is 0.0980 e. The van der Waals surface area contributed by atoms with Crippen LogP contribution in [0.5, 0.6) is 0 Å². The highest BCUT2D eigenvalue weighted by Crippen LogP contribution is 2.42. The summed E-state index contributed by atoms with van der Waals surface area (Å²) in [5.74, 6) is 1.13. The van der Waals surface area contributed by atoms with Crippen LogP contribution >= 0.6 is 11.8 Å². The van der Waals surface area contributed by atoms with Crippen LogP contribution in [0.3, 0.4) is 0 Å². The Kier molecular flexibility index (Phi) is 6.89. The van der Waals surface area contributed by atoms with Gasteiger partial charge in [-0.1, -0.05) is 80.3 Å². The van der Waals surface area contributed by atoms with Crippen molar-refractivity contribution in [2.75, 3.05) is 12.3 Å². The number of unbranched alkanes of at least 4 members (excludes halogenated alkanes) is 3. The SMILES string of the molecule is CCCCCCc1cc2c(cc1C1=NCCS1)=CCC1=C3CC=C(c4ccc(C)cc4)C=C3CCC=21. The molecule has 0 aromatic heterocycles. The molecule has 0 unspecified atom stereocenters. The molecule has 0 fully saturated rings. The van der Waals surface area contributed by atoms with Crippen LogP contribution in [0.1, 0.15) is 80.5 Å². The van der Waals surface area contributed by atoms with E-state index in [4.69, 9.17) is 4.99 Å². The number of fused-ring (bicyclic) bond motifs is 3. The number of allylic oxidation sites excluding steroid dienone is 6. The molecule has 4 aliphatic rings. The zero-order valence-electron chi connectivity index (χ0n) is 21.8. The van der Waals surface area contributed by atoms with E-state index in [9.17, 15) is 0 Å². The van der Waals surface area contributed by atoms with Gasteiger partial charge in [0.25, 0.3) is 0 Å². The van der Waals surface area contributed by atoms with Crippen molar-refractivity contribution in [3.8, 4) is 0 Å². The molecule has 6 rings (SSSR count). The Bertz CT molecular complexity index is 1430. The van der Waals surface area contributed by atoms with Gasteiger partial charge in [0.2, 0.25) is 0 Å². The second-order valence-electron chi connectivity index (χ2n) is 10.7. The first-order valence-corrected chi connectivity index (χ1v) is 14.9. The molecule has 2 aromatic rings. The molecule has 0 spiro atoms. The highest BCUT2D eigenvalue weighted by molar-refractivity contribution is 8.14. The fourth-order valence-electron chi connectivity index (χ4n) is 6.25. The molecule has 36 heavy (non-hydrogen) atoms. The summed E-state index contributed by atoms with van der Waals surface area (Å²) in [6.45, 7) is 5.43. The molecule has 0 radical (unpaired) electrons. The van der Waals surface area contributed by atoms with Crippen molar-refractivity contribution >= 4 is 34.0 Å². The lowest BCUT2D eigenvalue weighted by molar-refractivity contribution is 0.666. The standard InChI is InChI=1S/C34H37NS/c1-3-4-5-6-7-26-21-32-28(22-33(26)34-35-18-19-36-34)14-16-30-29-15-12-25(20-27(29)13-17-31(30)32)24-10-8-23(2)9-11-24/h8-12,14,20-22H,3-7,13,15-19H2,1-2H3. The summed E-state index contributed by atoms with van der Waals surface area (Å²) in [7, 11) is 0. The van der Waals surface area contributed by atoms with Crippen LogP contribution in [0, 0.1) is 6.92 Å². The molecule has 0 N–H and O–H groups in total. The summed E-state index contributed by atoms with van der Waals surface area (Å²) in [6.07, 6.45) is 18.3. The number of rotatable bonds is 7. The molecule has 0 bridgehead atoms. The zero-order valence-corrected chi connectivity index (χ0v) is 22.6. The van der Waals surface area contributed by atoms with Gasteiger partial charge >= 0.3 is 0 Å². The number of benzene rings is 2. The summed E-state index contributed by atoms with van der Waals surface area (Å²) in [6, 6.07) is 14.0. The minimum Gasteiger partial charge on any atom is -0.277 e. The minimum atomic E-state index is 0.969. The predicted molar refractivity (Wildman–Crippen MR) is 158 cm³/mol. The number of nitrogens with zero attached hydrogens (tertiary/aromatic N) is 1. The highest BCUT2D eigenvalue weighted by atomic mass is 32.2. The summed E-state index contributed by atoms with van der Waals surface area (Å²) in [4.78, 5) is 4.87. The fourth-order valence-corrected chi connectivity index (χ4v) is 7.15. The molecule has 0 saturated heterocycles. The molecule has 0 amide bonds. The van der Waals surface area contributed by atoms with Crippen molar-refractivity contribution in [3.63, 3.8) is 0 Å². The van der Waals surface area contributed by atoms with E-state index in [0.29, 0.717) is 0 Å². The summed E-state index contributed by atoms with van der Waals surface area (Å²) < 4.78 is 0.